The smallest absolute Gasteiger partial charge is 0.210 e. The lowest BCUT2D eigenvalue weighted by molar-refractivity contribution is 0.122. The molecule has 0 radical (unpaired) electrons. The Balaban J connectivity index is 1.98. The van der Waals surface area contributed by atoms with Crippen molar-refractivity contribution in [1.29, 1.82) is 0 Å². The number of aromatic nitrogens is 1. The quantitative estimate of drug-likeness (QED) is 0.663. The zero-order chi connectivity index (χ0) is 19.0. The maximum atomic E-state index is 13.6. The molecule has 8 heteroatoms. The van der Waals surface area contributed by atoms with E-state index < -0.39 is 15.7 Å². The maximum Gasteiger partial charge on any atom is 0.210 e. The van der Waals surface area contributed by atoms with Crippen LogP contribution in [0.2, 0.25) is 5.02 Å². The van der Waals surface area contributed by atoms with E-state index in [1.165, 1.54) is 24.4 Å². The molecule has 2 aromatic carbocycles. The highest BCUT2D eigenvalue weighted by Crippen LogP contribution is 2.37. The number of benzene rings is 2. The van der Waals surface area contributed by atoms with Crippen molar-refractivity contribution in [2.24, 2.45) is 0 Å². The lowest BCUT2D eigenvalue weighted by Crippen LogP contribution is -2.37. The first-order valence-electron chi connectivity index (χ1n) is 8.38. The minimum absolute atomic E-state index is 0.0461. The lowest BCUT2D eigenvalue weighted by Gasteiger charge is -2.31. The van der Waals surface area contributed by atoms with Crippen LogP contribution in [0.15, 0.2) is 58.5 Å². The van der Waals surface area contributed by atoms with E-state index in [1.54, 1.807) is 18.2 Å². The average Bonchev–Trinajstić information content (AvgIpc) is 2.67. The largest absolute Gasteiger partial charge is 0.378 e. The SMILES string of the molecule is O=S(=O)(c1cccc(F)c1)c1cnc2cc(Cl)ccc2c1N1CCOCC1. The van der Waals surface area contributed by atoms with Crippen LogP contribution in [0.25, 0.3) is 10.9 Å². The first-order valence-corrected chi connectivity index (χ1v) is 10.2. The van der Waals surface area contributed by atoms with Crippen molar-refractivity contribution in [3.8, 4) is 0 Å². The fraction of sp³-hybridized carbons (Fsp3) is 0.211. The van der Waals surface area contributed by atoms with E-state index >= 15 is 0 Å². The van der Waals surface area contributed by atoms with Crippen LogP contribution in [0, 0.1) is 5.82 Å². The summed E-state index contributed by atoms with van der Waals surface area (Å²) < 4.78 is 45.6. The van der Waals surface area contributed by atoms with Crippen LogP contribution in [0.4, 0.5) is 10.1 Å². The zero-order valence-corrected chi connectivity index (χ0v) is 15.8. The molecule has 0 bridgehead atoms. The van der Waals surface area contributed by atoms with Gasteiger partial charge in [0.15, 0.2) is 0 Å². The van der Waals surface area contributed by atoms with Gasteiger partial charge < -0.3 is 9.64 Å². The number of ether oxygens (including phenoxy) is 1. The number of halogens is 2. The Morgan fingerprint density at radius 1 is 1.11 bits per heavy atom. The van der Waals surface area contributed by atoms with Gasteiger partial charge in [-0.15, -0.1) is 0 Å². The molecule has 1 fully saturated rings. The Kier molecular flexibility index (Phi) is 4.75. The molecule has 1 aromatic heterocycles. The molecule has 140 valence electrons. The van der Waals surface area contributed by atoms with Crippen molar-refractivity contribution in [2.75, 3.05) is 31.2 Å². The van der Waals surface area contributed by atoms with Gasteiger partial charge in [0.25, 0.3) is 0 Å². The summed E-state index contributed by atoms with van der Waals surface area (Å²) in [4.78, 5) is 6.20. The highest BCUT2D eigenvalue weighted by Gasteiger charge is 2.28. The Hall–Kier alpha value is -2.22. The number of fused-ring (bicyclic) bond motifs is 1. The van der Waals surface area contributed by atoms with E-state index in [0.717, 1.165) is 6.07 Å². The van der Waals surface area contributed by atoms with Gasteiger partial charge in [0.05, 0.1) is 29.3 Å². The lowest BCUT2D eigenvalue weighted by atomic mass is 10.1. The van der Waals surface area contributed by atoms with Crippen LogP contribution in [0.1, 0.15) is 0 Å². The summed E-state index contributed by atoms with van der Waals surface area (Å²) in [5.41, 5.74) is 1.14. The number of sulfone groups is 1. The molecule has 1 aliphatic rings. The van der Waals surface area contributed by atoms with Crippen molar-refractivity contribution < 1.29 is 17.5 Å². The second-order valence-electron chi connectivity index (χ2n) is 6.19. The summed E-state index contributed by atoms with van der Waals surface area (Å²) in [5, 5.41) is 1.20. The molecule has 0 unspecified atom stereocenters. The second-order valence-corrected chi connectivity index (χ2v) is 8.55. The summed E-state index contributed by atoms with van der Waals surface area (Å²) in [5.74, 6) is -0.607. The predicted octanol–water partition coefficient (Wildman–Crippen LogP) is 3.70. The molecule has 0 N–H and O–H groups in total. The number of hydrogen-bond acceptors (Lipinski definition) is 5. The predicted molar refractivity (Wildman–Crippen MR) is 102 cm³/mol. The van der Waals surface area contributed by atoms with Gasteiger partial charge >= 0.3 is 0 Å². The fourth-order valence-corrected chi connectivity index (χ4v) is 4.84. The molecule has 4 rings (SSSR count). The van der Waals surface area contributed by atoms with Crippen LogP contribution in [-0.4, -0.2) is 39.7 Å². The fourth-order valence-electron chi connectivity index (χ4n) is 3.20. The standard InChI is InChI=1S/C19H16ClFN2O3S/c20-13-4-5-16-17(10-13)22-12-18(19(16)23-6-8-26-9-7-23)27(24,25)15-3-1-2-14(21)11-15/h1-5,10-12H,6-9H2. The second kappa shape index (κ2) is 7.07. The molecular weight excluding hydrogens is 391 g/mol. The van der Waals surface area contributed by atoms with Crippen molar-refractivity contribution in [2.45, 2.75) is 9.79 Å². The first-order chi connectivity index (χ1) is 13.0. The maximum absolute atomic E-state index is 13.6. The molecular formula is C19H16ClFN2O3S. The molecule has 1 aliphatic heterocycles. The normalized spacial score (nSPS) is 15.3. The Morgan fingerprint density at radius 2 is 1.89 bits per heavy atom. The van der Waals surface area contributed by atoms with E-state index in [1.807, 2.05) is 4.90 Å². The minimum Gasteiger partial charge on any atom is -0.378 e. The number of hydrogen-bond donors (Lipinski definition) is 0. The third kappa shape index (κ3) is 3.38. The van der Waals surface area contributed by atoms with Crippen molar-refractivity contribution in [3.63, 3.8) is 0 Å². The molecule has 0 saturated carbocycles. The number of nitrogens with zero attached hydrogens (tertiary/aromatic N) is 2. The van der Waals surface area contributed by atoms with Crippen molar-refractivity contribution in [3.05, 3.63) is 59.5 Å². The third-order valence-corrected chi connectivity index (χ3v) is 6.48. The van der Waals surface area contributed by atoms with E-state index in [0.29, 0.717) is 47.9 Å². The average molecular weight is 407 g/mol. The summed E-state index contributed by atoms with van der Waals surface area (Å²) in [6, 6.07) is 10.2. The minimum atomic E-state index is -3.96. The van der Waals surface area contributed by atoms with Crippen LogP contribution in [-0.2, 0) is 14.6 Å². The van der Waals surface area contributed by atoms with Gasteiger partial charge in [-0.05, 0) is 36.4 Å². The molecule has 0 amide bonds. The Morgan fingerprint density at radius 3 is 2.63 bits per heavy atom. The number of morpholine rings is 1. The van der Waals surface area contributed by atoms with Gasteiger partial charge in [-0.1, -0.05) is 17.7 Å². The van der Waals surface area contributed by atoms with Crippen LogP contribution in [0.3, 0.4) is 0 Å². The summed E-state index contributed by atoms with van der Waals surface area (Å²) in [6.07, 6.45) is 1.32. The van der Waals surface area contributed by atoms with E-state index in [9.17, 15) is 12.8 Å². The van der Waals surface area contributed by atoms with Gasteiger partial charge in [-0.25, -0.2) is 12.8 Å². The molecule has 0 atom stereocenters. The van der Waals surface area contributed by atoms with Gasteiger partial charge in [0.2, 0.25) is 9.84 Å². The summed E-state index contributed by atoms with van der Waals surface area (Å²) in [7, 11) is -3.96. The Labute approximate surface area is 161 Å². The molecule has 1 saturated heterocycles. The molecule has 0 spiro atoms. The van der Waals surface area contributed by atoms with Crippen LogP contribution < -0.4 is 4.90 Å². The monoisotopic (exact) mass is 406 g/mol. The summed E-state index contributed by atoms with van der Waals surface area (Å²) in [6.45, 7) is 2.09. The van der Waals surface area contributed by atoms with E-state index in [-0.39, 0.29) is 9.79 Å². The molecule has 5 nitrogen and oxygen atoms in total. The van der Waals surface area contributed by atoms with Gasteiger partial charge in [-0.3, -0.25) is 4.98 Å². The van der Waals surface area contributed by atoms with Crippen LogP contribution >= 0.6 is 11.6 Å². The number of anilines is 1. The number of rotatable bonds is 3. The molecule has 0 aliphatic carbocycles. The van der Waals surface area contributed by atoms with Gasteiger partial charge in [0, 0.05) is 29.7 Å². The molecule has 3 aromatic rings. The van der Waals surface area contributed by atoms with Gasteiger partial charge in [-0.2, -0.15) is 0 Å². The zero-order valence-electron chi connectivity index (χ0n) is 14.2. The van der Waals surface area contributed by atoms with Crippen molar-refractivity contribution in [1.82, 2.24) is 4.98 Å². The topological polar surface area (TPSA) is 59.5 Å². The highest BCUT2D eigenvalue weighted by atomic mass is 35.5. The summed E-state index contributed by atoms with van der Waals surface area (Å²) >= 11 is 6.07. The molecule has 2 heterocycles. The third-order valence-electron chi connectivity index (χ3n) is 4.49. The van der Waals surface area contributed by atoms with Crippen molar-refractivity contribution >= 4 is 38.0 Å². The van der Waals surface area contributed by atoms with Crippen LogP contribution in [0.5, 0.6) is 0 Å². The van der Waals surface area contributed by atoms with Gasteiger partial charge in [0.1, 0.15) is 10.7 Å². The van der Waals surface area contributed by atoms with E-state index in [2.05, 4.69) is 4.98 Å². The highest BCUT2D eigenvalue weighted by molar-refractivity contribution is 7.91. The first kappa shape index (κ1) is 18.2. The Bertz CT molecular complexity index is 1120. The number of pyridine rings is 1. The van der Waals surface area contributed by atoms with E-state index in [4.69, 9.17) is 16.3 Å². The molecule has 27 heavy (non-hydrogen) atoms.